The molecule has 4 N–H and O–H groups in total. The van der Waals surface area contributed by atoms with Crippen molar-refractivity contribution in [3.05, 3.63) is 42.0 Å². The highest BCUT2D eigenvalue weighted by molar-refractivity contribution is 7.91. The first-order valence-corrected chi connectivity index (χ1v) is 19.3. The molecular weight excluding hydrogens is 636 g/mol. The van der Waals surface area contributed by atoms with Crippen LogP contribution in [0.15, 0.2) is 36.4 Å². The molecule has 48 heavy (non-hydrogen) atoms. The second kappa shape index (κ2) is 24.2. The third-order valence-electron chi connectivity index (χ3n) is 8.33. The zero-order valence-electron chi connectivity index (χ0n) is 29.5. The molecule has 1 aromatic rings. The summed E-state index contributed by atoms with van der Waals surface area (Å²) in [7, 11) is -0.237. The Labute approximate surface area is 288 Å². The SMILES string of the molecule is CCCCCCCS(=O)(=O)CCCCCC/C=C/C(C(=O)N[C@@H](Cc1ccc(OCCCC)cc1)C(=O)NC)[C@@](O)(CCOC)C(=O)O. The molecule has 12 heteroatoms. The van der Waals surface area contributed by atoms with Gasteiger partial charge in [-0.1, -0.05) is 83.1 Å². The number of carbonyl (C=O) groups is 3. The molecule has 0 aliphatic rings. The molecule has 0 bridgehead atoms. The number of carboxylic acids is 1. The second-order valence-corrected chi connectivity index (χ2v) is 14.7. The van der Waals surface area contributed by atoms with E-state index in [2.05, 4.69) is 24.5 Å². The van der Waals surface area contributed by atoms with Gasteiger partial charge in [-0.15, -0.1) is 0 Å². The summed E-state index contributed by atoms with van der Waals surface area (Å²) < 4.78 is 35.3. The van der Waals surface area contributed by atoms with Gasteiger partial charge in [0.2, 0.25) is 11.8 Å². The van der Waals surface area contributed by atoms with E-state index in [1.54, 1.807) is 30.3 Å². The standard InChI is InChI=1S/C36H60N2O9S/c1-5-7-9-13-16-26-48(44,45)27-17-14-11-10-12-15-18-31(36(43,35(41)42)23-25-46-4)33(39)38-32(34(40)37-3)28-29-19-21-30(22-20-29)47-24-8-6-2/h15,18-22,31-32,43H,5-14,16-17,23-28H2,1-4H3,(H,37,40)(H,38,39)(H,41,42)/b18-15+/t31?,32-,36-/m0/s1. The van der Waals surface area contributed by atoms with Crippen LogP contribution in [0.3, 0.4) is 0 Å². The van der Waals surface area contributed by atoms with Gasteiger partial charge in [0.15, 0.2) is 5.60 Å². The molecule has 0 aliphatic carbocycles. The van der Waals surface area contributed by atoms with E-state index >= 15 is 0 Å². The lowest BCUT2D eigenvalue weighted by Gasteiger charge is -2.31. The number of carbonyl (C=O) groups excluding carboxylic acids is 2. The summed E-state index contributed by atoms with van der Waals surface area (Å²) in [4.78, 5) is 38.7. The van der Waals surface area contributed by atoms with Crippen molar-refractivity contribution >= 4 is 27.6 Å². The van der Waals surface area contributed by atoms with Gasteiger partial charge in [0.1, 0.15) is 21.6 Å². The Kier molecular flexibility index (Phi) is 21.7. The number of aliphatic carboxylic acids is 1. The van der Waals surface area contributed by atoms with Crippen LogP contribution in [0.2, 0.25) is 0 Å². The van der Waals surface area contributed by atoms with Gasteiger partial charge in [-0.05, 0) is 49.8 Å². The van der Waals surface area contributed by atoms with Gasteiger partial charge in [-0.25, -0.2) is 13.2 Å². The molecule has 2 amide bonds. The summed E-state index contributed by atoms with van der Waals surface area (Å²) in [6, 6.07) is 6.16. The first-order chi connectivity index (χ1) is 22.9. The normalized spacial score (nSPS) is 14.3. The van der Waals surface area contributed by atoms with Crippen molar-refractivity contribution in [2.75, 3.05) is 38.9 Å². The van der Waals surface area contributed by atoms with Crippen molar-refractivity contribution in [1.82, 2.24) is 10.6 Å². The monoisotopic (exact) mass is 696 g/mol. The molecule has 0 radical (unpaired) electrons. The molecule has 1 unspecified atom stereocenters. The number of aliphatic hydroxyl groups is 1. The quantitative estimate of drug-likeness (QED) is 0.0696. The zero-order valence-corrected chi connectivity index (χ0v) is 30.3. The molecule has 1 rings (SSSR count). The molecule has 0 fully saturated rings. The molecule has 0 spiro atoms. The number of nitrogens with one attached hydrogen (secondary N) is 2. The fourth-order valence-corrected chi connectivity index (χ4v) is 6.74. The van der Waals surface area contributed by atoms with Crippen LogP contribution in [0.4, 0.5) is 0 Å². The van der Waals surface area contributed by atoms with Crippen molar-refractivity contribution < 1.29 is 42.5 Å². The molecule has 0 saturated carbocycles. The number of ether oxygens (including phenoxy) is 2. The van der Waals surface area contributed by atoms with Crippen molar-refractivity contribution in [3.8, 4) is 5.75 Å². The number of sulfone groups is 1. The number of carboxylic acid groups (broad SMARTS) is 1. The summed E-state index contributed by atoms with van der Waals surface area (Å²) in [5, 5.41) is 26.5. The van der Waals surface area contributed by atoms with Crippen LogP contribution >= 0.6 is 0 Å². The van der Waals surface area contributed by atoms with Gasteiger partial charge in [-0.2, -0.15) is 0 Å². The molecular formula is C36H60N2O9S. The summed E-state index contributed by atoms with van der Waals surface area (Å²) in [5.74, 6) is -3.25. The van der Waals surface area contributed by atoms with Crippen LogP contribution in [0, 0.1) is 5.92 Å². The number of methoxy groups -OCH3 is 1. The average molecular weight is 697 g/mol. The van der Waals surface area contributed by atoms with Gasteiger partial charge < -0.3 is 30.3 Å². The number of unbranched alkanes of at least 4 members (excludes halogenated alkanes) is 9. The van der Waals surface area contributed by atoms with Crippen molar-refractivity contribution in [2.24, 2.45) is 5.92 Å². The Morgan fingerprint density at radius 2 is 1.48 bits per heavy atom. The van der Waals surface area contributed by atoms with Gasteiger partial charge in [0.25, 0.3) is 0 Å². The lowest BCUT2D eigenvalue weighted by Crippen LogP contribution is -2.56. The minimum atomic E-state index is -3.05. The Bertz CT molecular complexity index is 1200. The number of benzene rings is 1. The van der Waals surface area contributed by atoms with Crippen molar-refractivity contribution in [1.29, 1.82) is 0 Å². The van der Waals surface area contributed by atoms with E-state index in [0.29, 0.717) is 38.0 Å². The molecule has 0 aromatic heterocycles. The number of likely N-dealkylation sites (N-methyl/N-ethyl adjacent to an activating group) is 1. The van der Waals surface area contributed by atoms with Crippen molar-refractivity contribution in [3.63, 3.8) is 0 Å². The van der Waals surface area contributed by atoms with Crippen LogP contribution in [0.5, 0.6) is 5.75 Å². The number of amides is 2. The van der Waals surface area contributed by atoms with Crippen LogP contribution in [-0.4, -0.2) is 86.9 Å². The van der Waals surface area contributed by atoms with Gasteiger partial charge in [-0.3, -0.25) is 9.59 Å². The topological polar surface area (TPSA) is 168 Å². The minimum absolute atomic E-state index is 0.104. The summed E-state index contributed by atoms with van der Waals surface area (Å²) >= 11 is 0. The predicted octanol–water partition coefficient (Wildman–Crippen LogP) is 5.00. The second-order valence-electron chi connectivity index (χ2n) is 12.4. The predicted molar refractivity (Wildman–Crippen MR) is 189 cm³/mol. The van der Waals surface area contributed by atoms with Crippen LogP contribution in [0.1, 0.15) is 103 Å². The van der Waals surface area contributed by atoms with Crippen molar-refractivity contribution in [2.45, 2.75) is 115 Å². The fourth-order valence-electron chi connectivity index (χ4n) is 5.25. The molecule has 3 atom stereocenters. The highest BCUT2D eigenvalue weighted by atomic mass is 32.2. The molecule has 0 heterocycles. The minimum Gasteiger partial charge on any atom is -0.494 e. The van der Waals surface area contributed by atoms with Crippen LogP contribution < -0.4 is 15.4 Å². The Hall–Kier alpha value is -2.96. The number of hydrogen-bond acceptors (Lipinski definition) is 8. The molecule has 1 aromatic carbocycles. The molecule has 0 saturated heterocycles. The Morgan fingerprint density at radius 3 is 2.04 bits per heavy atom. The number of hydrogen-bond donors (Lipinski definition) is 4. The summed E-state index contributed by atoms with van der Waals surface area (Å²) in [6.45, 7) is 4.69. The summed E-state index contributed by atoms with van der Waals surface area (Å²) in [6.07, 6.45) is 13.0. The van der Waals surface area contributed by atoms with E-state index in [1.165, 1.54) is 20.2 Å². The average Bonchev–Trinajstić information content (AvgIpc) is 3.06. The zero-order chi connectivity index (χ0) is 35.8. The maximum absolute atomic E-state index is 13.6. The number of allylic oxidation sites excluding steroid dienone is 1. The van der Waals surface area contributed by atoms with Crippen LogP contribution in [0.25, 0.3) is 0 Å². The van der Waals surface area contributed by atoms with Crippen LogP contribution in [-0.2, 0) is 35.4 Å². The van der Waals surface area contributed by atoms with Gasteiger partial charge in [0.05, 0.1) is 24.0 Å². The third-order valence-corrected chi connectivity index (χ3v) is 10.1. The lowest BCUT2D eigenvalue weighted by atomic mass is 9.83. The first-order valence-electron chi connectivity index (χ1n) is 17.5. The first kappa shape index (κ1) is 43.1. The lowest BCUT2D eigenvalue weighted by molar-refractivity contribution is -0.168. The molecule has 274 valence electrons. The highest BCUT2D eigenvalue weighted by Crippen LogP contribution is 2.26. The fraction of sp³-hybridized carbons (Fsp3) is 0.694. The van der Waals surface area contributed by atoms with Gasteiger partial charge in [0, 0.05) is 33.6 Å². The van der Waals surface area contributed by atoms with E-state index in [0.717, 1.165) is 56.9 Å². The van der Waals surface area contributed by atoms with Gasteiger partial charge >= 0.3 is 5.97 Å². The maximum atomic E-state index is 13.6. The van der Waals surface area contributed by atoms with E-state index in [1.807, 2.05) is 0 Å². The van der Waals surface area contributed by atoms with E-state index < -0.39 is 45.2 Å². The van der Waals surface area contributed by atoms with E-state index in [4.69, 9.17) is 9.47 Å². The highest BCUT2D eigenvalue weighted by Gasteiger charge is 2.47. The maximum Gasteiger partial charge on any atom is 0.336 e. The Balaban J connectivity index is 2.89. The molecule has 0 aliphatic heterocycles. The Morgan fingerprint density at radius 1 is 0.875 bits per heavy atom. The van der Waals surface area contributed by atoms with E-state index in [9.17, 15) is 33.0 Å². The third kappa shape index (κ3) is 16.9. The number of rotatable bonds is 28. The smallest absolute Gasteiger partial charge is 0.336 e. The largest absolute Gasteiger partial charge is 0.494 e. The molecule has 11 nitrogen and oxygen atoms in total. The summed E-state index contributed by atoms with van der Waals surface area (Å²) in [5.41, 5.74) is -1.72. The van der Waals surface area contributed by atoms with E-state index in [-0.39, 0.29) is 31.0 Å².